The number of hydrogen-bond acceptors (Lipinski definition) is 1. The van der Waals surface area contributed by atoms with Gasteiger partial charge < -0.3 is 4.74 Å². The molecule has 84 valence electrons. The summed E-state index contributed by atoms with van der Waals surface area (Å²) < 4.78 is 5.52. The summed E-state index contributed by atoms with van der Waals surface area (Å²) in [5, 5.41) is 0. The third kappa shape index (κ3) is 2.83. The van der Waals surface area contributed by atoms with Gasteiger partial charge in [-0.2, -0.15) is 0 Å². The Morgan fingerprint density at radius 2 is 2.12 bits per heavy atom. The zero-order valence-electron chi connectivity index (χ0n) is 9.73. The highest BCUT2D eigenvalue weighted by molar-refractivity contribution is 5.54. The van der Waals surface area contributed by atoms with Crippen LogP contribution in [0.3, 0.4) is 0 Å². The van der Waals surface area contributed by atoms with E-state index in [1.165, 1.54) is 11.1 Å². The Morgan fingerprint density at radius 3 is 2.88 bits per heavy atom. The van der Waals surface area contributed by atoms with Crippen LogP contribution in [0.4, 0.5) is 0 Å². The lowest BCUT2D eigenvalue weighted by Gasteiger charge is -2.04. The molecule has 1 nitrogen and oxygen atoms in total. The van der Waals surface area contributed by atoms with Gasteiger partial charge in [0.15, 0.2) is 0 Å². The number of rotatable bonds is 3. The van der Waals surface area contributed by atoms with Crippen molar-refractivity contribution >= 4 is 6.08 Å². The van der Waals surface area contributed by atoms with E-state index in [2.05, 4.69) is 49.4 Å². The molecular weight excluding hydrogens is 196 g/mol. The Balaban J connectivity index is 2.13. The Kier molecular flexibility index (Phi) is 3.95. The van der Waals surface area contributed by atoms with Gasteiger partial charge in [0.25, 0.3) is 0 Å². The van der Waals surface area contributed by atoms with Crippen molar-refractivity contribution < 1.29 is 4.74 Å². The van der Waals surface area contributed by atoms with E-state index < -0.39 is 0 Å². The summed E-state index contributed by atoms with van der Waals surface area (Å²) in [6, 6.07) is 10.4. The van der Waals surface area contributed by atoms with Gasteiger partial charge in [-0.25, -0.2) is 0 Å². The zero-order chi connectivity index (χ0) is 11.2. The molecule has 0 aromatic heterocycles. The third-order valence-corrected chi connectivity index (χ3v) is 2.80. The van der Waals surface area contributed by atoms with Crippen molar-refractivity contribution in [2.24, 2.45) is 5.92 Å². The van der Waals surface area contributed by atoms with Gasteiger partial charge in [0, 0.05) is 5.92 Å². The first kappa shape index (κ1) is 11.2. The van der Waals surface area contributed by atoms with Crippen LogP contribution in [0.5, 0.6) is 0 Å². The summed E-state index contributed by atoms with van der Waals surface area (Å²) in [5.41, 5.74) is 2.65. The Labute approximate surface area is 97.4 Å². The summed E-state index contributed by atoms with van der Waals surface area (Å²) in [6.45, 7) is 3.76. The maximum Gasteiger partial charge on any atom is 0.0687 e. The van der Waals surface area contributed by atoms with Crippen molar-refractivity contribution in [3.8, 4) is 0 Å². The highest BCUT2D eigenvalue weighted by atomic mass is 16.5. The standard InChI is InChI=1S/C15H18O/c1-2-3-9-14-11-16-12-15(14)10-13-7-5-4-6-8-13/h3-10,14H,2,11-12H2,1H3/b9-3+,15-10+. The smallest absolute Gasteiger partial charge is 0.0687 e. The van der Waals surface area contributed by atoms with Crippen LogP contribution < -0.4 is 0 Å². The van der Waals surface area contributed by atoms with Crippen LogP contribution >= 0.6 is 0 Å². The lowest BCUT2D eigenvalue weighted by Crippen LogP contribution is -1.97. The van der Waals surface area contributed by atoms with Crippen LogP contribution in [-0.2, 0) is 4.74 Å². The van der Waals surface area contributed by atoms with Crippen molar-refractivity contribution in [2.75, 3.05) is 13.2 Å². The van der Waals surface area contributed by atoms with Crippen molar-refractivity contribution in [1.29, 1.82) is 0 Å². The van der Waals surface area contributed by atoms with Crippen LogP contribution in [-0.4, -0.2) is 13.2 Å². The summed E-state index contributed by atoms with van der Waals surface area (Å²) in [4.78, 5) is 0. The summed E-state index contributed by atoms with van der Waals surface area (Å²) in [5.74, 6) is 0.472. The normalized spacial score (nSPS) is 23.3. The second kappa shape index (κ2) is 5.66. The molecule has 0 amide bonds. The zero-order valence-corrected chi connectivity index (χ0v) is 9.73. The molecule has 1 saturated heterocycles. The quantitative estimate of drug-likeness (QED) is 0.697. The second-order valence-corrected chi connectivity index (χ2v) is 4.09. The molecule has 0 aliphatic carbocycles. The first-order valence-electron chi connectivity index (χ1n) is 5.90. The molecule has 1 heterocycles. The Bertz CT molecular complexity index is 376. The molecule has 0 radical (unpaired) electrons. The maximum absolute atomic E-state index is 5.52. The van der Waals surface area contributed by atoms with Gasteiger partial charge in [-0.1, -0.05) is 55.5 Å². The molecule has 16 heavy (non-hydrogen) atoms. The fourth-order valence-electron chi connectivity index (χ4n) is 1.91. The lowest BCUT2D eigenvalue weighted by atomic mass is 9.99. The highest BCUT2D eigenvalue weighted by Crippen LogP contribution is 2.23. The number of benzene rings is 1. The first-order valence-corrected chi connectivity index (χ1v) is 5.90. The Hall–Kier alpha value is -1.34. The van der Waals surface area contributed by atoms with E-state index in [4.69, 9.17) is 4.74 Å². The predicted octanol–water partition coefficient (Wildman–Crippen LogP) is 3.68. The topological polar surface area (TPSA) is 9.23 Å². The Morgan fingerprint density at radius 1 is 1.31 bits per heavy atom. The monoisotopic (exact) mass is 214 g/mol. The van der Waals surface area contributed by atoms with Crippen LogP contribution in [0, 0.1) is 5.92 Å². The largest absolute Gasteiger partial charge is 0.376 e. The maximum atomic E-state index is 5.52. The first-order chi connectivity index (χ1) is 7.90. The fourth-order valence-corrected chi connectivity index (χ4v) is 1.91. The lowest BCUT2D eigenvalue weighted by molar-refractivity contribution is 0.195. The average molecular weight is 214 g/mol. The number of ether oxygens (including phenoxy) is 1. The molecule has 1 aliphatic rings. The minimum absolute atomic E-state index is 0.472. The van der Waals surface area contributed by atoms with E-state index in [0.29, 0.717) is 5.92 Å². The summed E-state index contributed by atoms with van der Waals surface area (Å²) in [7, 11) is 0. The summed E-state index contributed by atoms with van der Waals surface area (Å²) >= 11 is 0. The predicted molar refractivity (Wildman–Crippen MR) is 68.2 cm³/mol. The van der Waals surface area contributed by atoms with Gasteiger partial charge >= 0.3 is 0 Å². The van der Waals surface area contributed by atoms with Crippen molar-refractivity contribution in [1.82, 2.24) is 0 Å². The fraction of sp³-hybridized carbons (Fsp3) is 0.333. The molecule has 0 N–H and O–H groups in total. The van der Waals surface area contributed by atoms with Crippen molar-refractivity contribution in [2.45, 2.75) is 13.3 Å². The number of allylic oxidation sites excluding steroid dienone is 1. The molecule has 0 saturated carbocycles. The third-order valence-electron chi connectivity index (χ3n) is 2.80. The van der Waals surface area contributed by atoms with Gasteiger partial charge in [0.1, 0.15) is 0 Å². The van der Waals surface area contributed by atoms with E-state index >= 15 is 0 Å². The highest BCUT2D eigenvalue weighted by Gasteiger charge is 2.18. The molecule has 0 bridgehead atoms. The summed E-state index contributed by atoms with van der Waals surface area (Å²) in [6.07, 6.45) is 7.83. The van der Waals surface area contributed by atoms with E-state index in [1.54, 1.807) is 0 Å². The van der Waals surface area contributed by atoms with Crippen LogP contribution in [0.15, 0.2) is 48.1 Å². The number of hydrogen-bond donors (Lipinski definition) is 0. The van der Waals surface area contributed by atoms with Gasteiger partial charge in [0.2, 0.25) is 0 Å². The van der Waals surface area contributed by atoms with E-state index in [1.807, 2.05) is 6.07 Å². The molecule has 1 aromatic rings. The van der Waals surface area contributed by atoms with Crippen molar-refractivity contribution in [3.63, 3.8) is 0 Å². The molecule has 1 heteroatoms. The minimum atomic E-state index is 0.472. The van der Waals surface area contributed by atoms with Gasteiger partial charge in [0.05, 0.1) is 13.2 Å². The van der Waals surface area contributed by atoms with Gasteiger partial charge in [-0.05, 0) is 17.6 Å². The molecule has 1 aromatic carbocycles. The molecule has 1 unspecified atom stereocenters. The molecule has 2 rings (SSSR count). The van der Waals surface area contributed by atoms with Crippen molar-refractivity contribution in [3.05, 3.63) is 53.6 Å². The van der Waals surface area contributed by atoms with Crippen LogP contribution in [0.1, 0.15) is 18.9 Å². The molecular formula is C15H18O. The average Bonchev–Trinajstić information content (AvgIpc) is 2.75. The SMILES string of the molecule is CC/C=C/C1COC/C1=C\c1ccccc1. The molecule has 1 fully saturated rings. The second-order valence-electron chi connectivity index (χ2n) is 4.09. The molecule has 0 spiro atoms. The van der Waals surface area contributed by atoms with E-state index in [-0.39, 0.29) is 0 Å². The minimum Gasteiger partial charge on any atom is -0.376 e. The van der Waals surface area contributed by atoms with Gasteiger partial charge in [-0.15, -0.1) is 0 Å². The molecule has 1 atom stereocenters. The van der Waals surface area contributed by atoms with E-state index in [9.17, 15) is 0 Å². The van der Waals surface area contributed by atoms with Crippen LogP contribution in [0.2, 0.25) is 0 Å². The van der Waals surface area contributed by atoms with Crippen LogP contribution in [0.25, 0.3) is 6.08 Å². The van der Waals surface area contributed by atoms with E-state index in [0.717, 1.165) is 19.6 Å². The van der Waals surface area contributed by atoms with Gasteiger partial charge in [-0.3, -0.25) is 0 Å². The molecule has 1 aliphatic heterocycles.